The summed E-state index contributed by atoms with van der Waals surface area (Å²) in [6.45, 7) is 3.08. The third kappa shape index (κ3) is 4.46. The molecule has 0 saturated heterocycles. The van der Waals surface area contributed by atoms with Crippen molar-refractivity contribution in [3.05, 3.63) is 47.0 Å². The number of benzene rings is 2. The Balaban J connectivity index is 2.18. The highest BCUT2D eigenvalue weighted by molar-refractivity contribution is 6.31. The normalized spacial score (nSPS) is 10.2. The fourth-order valence-corrected chi connectivity index (χ4v) is 2.68. The van der Waals surface area contributed by atoms with Gasteiger partial charge in [-0.3, -0.25) is 9.59 Å². The molecule has 0 aliphatic heterocycles. The van der Waals surface area contributed by atoms with Crippen LogP contribution in [0, 0.1) is 6.92 Å². The van der Waals surface area contributed by atoms with Gasteiger partial charge in [-0.25, -0.2) is 0 Å². The predicted octanol–water partition coefficient (Wildman–Crippen LogP) is 3.66. The van der Waals surface area contributed by atoms with Crippen LogP contribution >= 0.6 is 11.6 Å². The van der Waals surface area contributed by atoms with Crippen LogP contribution in [0.1, 0.15) is 12.5 Å². The van der Waals surface area contributed by atoms with E-state index in [4.69, 9.17) is 21.1 Å². The smallest absolute Gasteiger partial charge is 0.244 e. The van der Waals surface area contributed by atoms with E-state index in [-0.39, 0.29) is 18.4 Å². The van der Waals surface area contributed by atoms with Crippen molar-refractivity contribution in [2.45, 2.75) is 13.8 Å². The average Bonchev–Trinajstić information content (AvgIpc) is 2.62. The molecule has 2 amide bonds. The number of nitrogens with zero attached hydrogens (tertiary/aromatic N) is 1. The van der Waals surface area contributed by atoms with Gasteiger partial charge in [-0.05, 0) is 36.8 Å². The van der Waals surface area contributed by atoms with Gasteiger partial charge >= 0.3 is 0 Å². The van der Waals surface area contributed by atoms with Gasteiger partial charge < -0.3 is 19.7 Å². The van der Waals surface area contributed by atoms with Crippen molar-refractivity contribution < 1.29 is 19.1 Å². The first-order valence-electron chi connectivity index (χ1n) is 7.92. The molecule has 0 unspecified atom stereocenters. The number of carbonyl (C=O) groups is 2. The van der Waals surface area contributed by atoms with Crippen LogP contribution in [0.4, 0.5) is 11.4 Å². The van der Waals surface area contributed by atoms with Crippen molar-refractivity contribution in [3.63, 3.8) is 0 Å². The summed E-state index contributed by atoms with van der Waals surface area (Å²) in [6, 6.07) is 10.3. The van der Waals surface area contributed by atoms with Gasteiger partial charge in [0.25, 0.3) is 0 Å². The highest BCUT2D eigenvalue weighted by Gasteiger charge is 2.19. The third-order valence-electron chi connectivity index (χ3n) is 3.88. The summed E-state index contributed by atoms with van der Waals surface area (Å²) in [5.74, 6) is 0.467. The Morgan fingerprint density at radius 2 is 1.81 bits per heavy atom. The van der Waals surface area contributed by atoms with Crippen LogP contribution in [0.3, 0.4) is 0 Å². The van der Waals surface area contributed by atoms with Gasteiger partial charge in [0.2, 0.25) is 11.8 Å². The second-order valence-electron chi connectivity index (χ2n) is 5.61. The molecule has 2 rings (SSSR count). The summed E-state index contributed by atoms with van der Waals surface area (Å²) in [4.78, 5) is 25.9. The van der Waals surface area contributed by atoms with Crippen LogP contribution in [-0.2, 0) is 9.59 Å². The second-order valence-corrected chi connectivity index (χ2v) is 6.01. The summed E-state index contributed by atoms with van der Waals surface area (Å²) in [5.41, 5.74) is 1.88. The van der Waals surface area contributed by atoms with E-state index in [0.717, 1.165) is 5.56 Å². The second kappa shape index (κ2) is 8.58. The van der Waals surface area contributed by atoms with Gasteiger partial charge in [-0.2, -0.15) is 0 Å². The number of hydrogen-bond acceptors (Lipinski definition) is 4. The van der Waals surface area contributed by atoms with Gasteiger partial charge in [0, 0.05) is 29.4 Å². The summed E-state index contributed by atoms with van der Waals surface area (Å²) in [6.07, 6.45) is 0. The molecular weight excluding hydrogens is 356 g/mol. The molecule has 0 aromatic heterocycles. The zero-order valence-electron chi connectivity index (χ0n) is 15.1. The summed E-state index contributed by atoms with van der Waals surface area (Å²) in [7, 11) is 3.05. The zero-order chi connectivity index (χ0) is 19.3. The quantitative estimate of drug-likeness (QED) is 0.835. The molecule has 138 valence electrons. The van der Waals surface area contributed by atoms with E-state index in [1.165, 1.54) is 26.0 Å². The van der Waals surface area contributed by atoms with E-state index in [9.17, 15) is 9.59 Å². The highest BCUT2D eigenvalue weighted by Crippen LogP contribution is 2.30. The molecule has 0 aliphatic carbocycles. The maximum Gasteiger partial charge on any atom is 0.244 e. The Morgan fingerprint density at radius 1 is 1.12 bits per heavy atom. The number of amides is 2. The molecule has 0 bridgehead atoms. The Hall–Kier alpha value is -2.73. The number of anilines is 2. The first-order chi connectivity index (χ1) is 12.4. The van der Waals surface area contributed by atoms with Gasteiger partial charge in [-0.15, -0.1) is 0 Å². The molecular formula is C19H21ClN2O4. The fraction of sp³-hybridized carbons (Fsp3) is 0.263. The number of nitrogens with one attached hydrogen (secondary N) is 1. The SMILES string of the molecule is COc1ccc(NC(=O)CN(C(C)=O)c2cccc(Cl)c2C)cc1OC. The Kier molecular flexibility index (Phi) is 6.46. The van der Waals surface area contributed by atoms with Crippen LogP contribution in [-0.4, -0.2) is 32.6 Å². The van der Waals surface area contributed by atoms with Crippen LogP contribution in [0.5, 0.6) is 11.5 Å². The van der Waals surface area contributed by atoms with E-state index < -0.39 is 0 Å². The molecule has 0 aliphatic rings. The van der Waals surface area contributed by atoms with E-state index in [2.05, 4.69) is 5.32 Å². The summed E-state index contributed by atoms with van der Waals surface area (Å²) < 4.78 is 10.4. The van der Waals surface area contributed by atoms with Crippen LogP contribution in [0.25, 0.3) is 0 Å². The number of methoxy groups -OCH3 is 2. The lowest BCUT2D eigenvalue weighted by Crippen LogP contribution is -2.37. The number of halogens is 1. The maximum absolute atomic E-state index is 12.4. The largest absolute Gasteiger partial charge is 0.493 e. The fourth-order valence-electron chi connectivity index (χ4n) is 2.51. The molecule has 1 N–H and O–H groups in total. The molecule has 26 heavy (non-hydrogen) atoms. The lowest BCUT2D eigenvalue weighted by atomic mass is 10.1. The Labute approximate surface area is 157 Å². The van der Waals surface area contributed by atoms with Crippen LogP contribution < -0.4 is 19.7 Å². The van der Waals surface area contributed by atoms with Gasteiger partial charge in [0.15, 0.2) is 11.5 Å². The average molecular weight is 377 g/mol. The monoisotopic (exact) mass is 376 g/mol. The molecule has 7 heteroatoms. The van der Waals surface area contributed by atoms with Crippen LogP contribution in [0.15, 0.2) is 36.4 Å². The molecule has 6 nitrogen and oxygen atoms in total. The molecule has 0 saturated carbocycles. The third-order valence-corrected chi connectivity index (χ3v) is 4.29. The van der Waals surface area contributed by atoms with Crippen molar-refractivity contribution >= 4 is 34.8 Å². The van der Waals surface area contributed by atoms with Crippen molar-refractivity contribution in [1.29, 1.82) is 0 Å². The van der Waals surface area contributed by atoms with Crippen molar-refractivity contribution in [1.82, 2.24) is 0 Å². The maximum atomic E-state index is 12.4. The number of hydrogen-bond donors (Lipinski definition) is 1. The van der Waals surface area contributed by atoms with Crippen LogP contribution in [0.2, 0.25) is 5.02 Å². The highest BCUT2D eigenvalue weighted by atomic mass is 35.5. The zero-order valence-corrected chi connectivity index (χ0v) is 15.9. The number of carbonyl (C=O) groups excluding carboxylic acids is 2. The molecule has 0 radical (unpaired) electrons. The lowest BCUT2D eigenvalue weighted by Gasteiger charge is -2.23. The molecule has 0 heterocycles. The minimum absolute atomic E-state index is 0.134. The predicted molar refractivity (Wildman–Crippen MR) is 102 cm³/mol. The van der Waals surface area contributed by atoms with E-state index >= 15 is 0 Å². The molecule has 0 atom stereocenters. The van der Waals surface area contributed by atoms with E-state index in [1.807, 2.05) is 0 Å². The number of ether oxygens (including phenoxy) is 2. The molecule has 2 aromatic rings. The molecule has 0 fully saturated rings. The van der Waals surface area contributed by atoms with Gasteiger partial charge in [0.1, 0.15) is 6.54 Å². The molecule has 2 aromatic carbocycles. The first kappa shape index (κ1) is 19.6. The van der Waals surface area contributed by atoms with E-state index in [1.54, 1.807) is 43.3 Å². The topological polar surface area (TPSA) is 67.9 Å². The standard InChI is InChI=1S/C19H21ClN2O4/c1-12-15(20)6-5-7-16(12)22(13(2)23)11-19(24)21-14-8-9-17(25-3)18(10-14)26-4/h5-10H,11H2,1-4H3,(H,21,24). The van der Waals surface area contributed by atoms with Crippen molar-refractivity contribution in [2.24, 2.45) is 0 Å². The lowest BCUT2D eigenvalue weighted by molar-refractivity contribution is -0.120. The van der Waals surface area contributed by atoms with Crippen molar-refractivity contribution in [2.75, 3.05) is 31.0 Å². The summed E-state index contributed by atoms with van der Waals surface area (Å²) >= 11 is 6.13. The Morgan fingerprint density at radius 3 is 2.42 bits per heavy atom. The van der Waals surface area contributed by atoms with Gasteiger partial charge in [0.05, 0.1) is 14.2 Å². The Bertz CT molecular complexity index is 823. The van der Waals surface area contributed by atoms with E-state index in [0.29, 0.717) is 27.9 Å². The summed E-state index contributed by atoms with van der Waals surface area (Å²) in [5, 5.41) is 3.29. The first-order valence-corrected chi connectivity index (χ1v) is 8.30. The number of rotatable bonds is 6. The molecule has 0 spiro atoms. The van der Waals surface area contributed by atoms with Crippen molar-refractivity contribution in [3.8, 4) is 11.5 Å². The minimum Gasteiger partial charge on any atom is -0.493 e. The van der Waals surface area contributed by atoms with Gasteiger partial charge in [-0.1, -0.05) is 17.7 Å². The minimum atomic E-state index is -0.341.